The molecule has 6 heteroatoms. The fraction of sp³-hybridized carbons (Fsp3) is 0.458. The van der Waals surface area contributed by atoms with Crippen molar-refractivity contribution in [3.63, 3.8) is 0 Å². The van der Waals surface area contributed by atoms with E-state index in [1.54, 1.807) is 6.92 Å². The van der Waals surface area contributed by atoms with Crippen LogP contribution in [0, 0.1) is 0 Å². The first-order chi connectivity index (χ1) is 14.2. The third-order valence-electron chi connectivity index (χ3n) is 5.16. The summed E-state index contributed by atoms with van der Waals surface area (Å²) >= 11 is 0. The third-order valence-corrected chi connectivity index (χ3v) is 10.2. The number of rotatable bonds is 10. The van der Waals surface area contributed by atoms with Crippen molar-refractivity contribution < 1.29 is 24.2 Å². The normalized spacial score (nSPS) is 14.2. The lowest BCUT2D eigenvalue weighted by molar-refractivity contribution is -0.145. The minimum atomic E-state index is -2.74. The van der Waals surface area contributed by atoms with Crippen LogP contribution in [-0.2, 0) is 14.0 Å². The van der Waals surface area contributed by atoms with Crippen molar-refractivity contribution in [3.05, 3.63) is 60.7 Å². The molecular weight excluding hydrogens is 396 g/mol. The van der Waals surface area contributed by atoms with Crippen molar-refractivity contribution in [2.45, 2.75) is 57.8 Å². The number of esters is 1. The largest absolute Gasteiger partial charge is 0.466 e. The minimum Gasteiger partial charge on any atom is -0.466 e. The van der Waals surface area contributed by atoms with E-state index in [1.807, 2.05) is 36.4 Å². The quantitative estimate of drug-likeness (QED) is 0.448. The number of aliphatic hydroxyl groups is 2. The summed E-state index contributed by atoms with van der Waals surface area (Å²) in [6.07, 6.45) is -1.95. The van der Waals surface area contributed by atoms with E-state index in [0.29, 0.717) is 0 Å². The summed E-state index contributed by atoms with van der Waals surface area (Å²) in [5.41, 5.74) is 0. The molecule has 0 aliphatic heterocycles. The van der Waals surface area contributed by atoms with Crippen molar-refractivity contribution in [2.24, 2.45) is 0 Å². The first-order valence-corrected chi connectivity index (χ1v) is 12.4. The predicted molar refractivity (Wildman–Crippen MR) is 121 cm³/mol. The summed E-state index contributed by atoms with van der Waals surface area (Å²) in [4.78, 5) is 11.6. The Morgan fingerprint density at radius 3 is 1.87 bits per heavy atom. The van der Waals surface area contributed by atoms with Crippen LogP contribution in [0.2, 0.25) is 5.04 Å². The summed E-state index contributed by atoms with van der Waals surface area (Å²) in [6, 6.07) is 20.4. The van der Waals surface area contributed by atoms with Crippen LogP contribution in [0.15, 0.2) is 60.7 Å². The molecule has 0 saturated carbocycles. The number of carbonyl (C=O) groups is 1. The van der Waals surface area contributed by atoms with E-state index in [4.69, 9.17) is 9.16 Å². The van der Waals surface area contributed by atoms with E-state index < -0.39 is 26.5 Å². The van der Waals surface area contributed by atoms with Gasteiger partial charge in [0.05, 0.1) is 31.8 Å². The Balaban J connectivity index is 2.25. The monoisotopic (exact) mass is 430 g/mol. The van der Waals surface area contributed by atoms with Crippen molar-refractivity contribution >= 4 is 24.7 Å². The summed E-state index contributed by atoms with van der Waals surface area (Å²) in [5.74, 6) is -0.467. The molecule has 0 aliphatic carbocycles. The maximum Gasteiger partial charge on any atom is 0.308 e. The highest BCUT2D eigenvalue weighted by Crippen LogP contribution is 2.36. The van der Waals surface area contributed by atoms with Gasteiger partial charge in [-0.25, -0.2) is 0 Å². The molecule has 5 nitrogen and oxygen atoms in total. The Kier molecular flexibility index (Phi) is 8.79. The Morgan fingerprint density at radius 1 is 0.933 bits per heavy atom. The Hall–Kier alpha value is -1.99. The van der Waals surface area contributed by atoms with E-state index in [1.165, 1.54) is 0 Å². The van der Waals surface area contributed by atoms with Gasteiger partial charge in [-0.1, -0.05) is 81.4 Å². The van der Waals surface area contributed by atoms with Gasteiger partial charge >= 0.3 is 5.97 Å². The zero-order valence-electron chi connectivity index (χ0n) is 18.4. The number of benzene rings is 2. The zero-order valence-corrected chi connectivity index (χ0v) is 19.4. The second-order valence-electron chi connectivity index (χ2n) is 8.53. The molecule has 0 radical (unpaired) electrons. The molecule has 2 N–H and O–H groups in total. The highest BCUT2D eigenvalue weighted by Gasteiger charge is 2.50. The molecule has 2 aromatic carbocycles. The maximum atomic E-state index is 11.6. The fourth-order valence-corrected chi connectivity index (χ4v) is 8.46. The van der Waals surface area contributed by atoms with E-state index in [-0.39, 0.29) is 31.1 Å². The molecule has 0 amide bonds. The zero-order chi connectivity index (χ0) is 22.2. The molecule has 2 rings (SSSR count). The fourth-order valence-electron chi connectivity index (χ4n) is 3.86. The second-order valence-corrected chi connectivity index (χ2v) is 12.8. The van der Waals surface area contributed by atoms with E-state index >= 15 is 0 Å². The minimum absolute atomic E-state index is 0.0526. The van der Waals surface area contributed by atoms with Crippen LogP contribution >= 0.6 is 0 Å². The summed E-state index contributed by atoms with van der Waals surface area (Å²) in [7, 11) is -2.74. The van der Waals surface area contributed by atoms with Crippen molar-refractivity contribution in [2.75, 3.05) is 13.2 Å². The van der Waals surface area contributed by atoms with Gasteiger partial charge in [0.25, 0.3) is 8.32 Å². The molecule has 0 aromatic heterocycles. The van der Waals surface area contributed by atoms with Crippen LogP contribution in [0.4, 0.5) is 0 Å². The van der Waals surface area contributed by atoms with Crippen LogP contribution in [-0.4, -0.2) is 49.9 Å². The first-order valence-electron chi connectivity index (χ1n) is 10.5. The van der Waals surface area contributed by atoms with Crippen molar-refractivity contribution in [1.82, 2.24) is 0 Å². The first kappa shape index (κ1) is 24.3. The Morgan fingerprint density at radius 2 is 1.43 bits per heavy atom. The molecule has 0 saturated heterocycles. The number of ether oxygens (including phenoxy) is 1. The van der Waals surface area contributed by atoms with Crippen molar-refractivity contribution in [1.29, 1.82) is 0 Å². The lowest BCUT2D eigenvalue weighted by Crippen LogP contribution is -2.67. The van der Waals surface area contributed by atoms with Crippen LogP contribution in [0.5, 0.6) is 0 Å². The highest BCUT2D eigenvalue weighted by molar-refractivity contribution is 6.99. The molecule has 0 bridgehead atoms. The summed E-state index contributed by atoms with van der Waals surface area (Å²) in [6.45, 7) is 8.57. The van der Waals surface area contributed by atoms with E-state index in [9.17, 15) is 15.0 Å². The lowest BCUT2D eigenvalue weighted by atomic mass is 10.1. The number of carbonyl (C=O) groups excluding carboxylic acids is 1. The SMILES string of the molecule is CCOC(=O)C[C@H](O)C[C@H](O)CO[Si](c1ccccc1)(c1ccccc1)C(C)(C)C. The number of hydrogen-bond donors (Lipinski definition) is 2. The van der Waals surface area contributed by atoms with Crippen LogP contribution < -0.4 is 10.4 Å². The Bertz CT molecular complexity index is 734. The number of hydrogen-bond acceptors (Lipinski definition) is 5. The van der Waals surface area contributed by atoms with Gasteiger partial charge in [0.1, 0.15) is 0 Å². The molecule has 0 unspecified atom stereocenters. The molecule has 2 aromatic rings. The van der Waals surface area contributed by atoms with Crippen LogP contribution in [0.1, 0.15) is 40.5 Å². The molecule has 0 aliphatic rings. The van der Waals surface area contributed by atoms with Gasteiger partial charge < -0.3 is 19.4 Å². The molecule has 0 fully saturated rings. The topological polar surface area (TPSA) is 76.0 Å². The van der Waals surface area contributed by atoms with Gasteiger partial charge in [-0.15, -0.1) is 0 Å². The third kappa shape index (κ3) is 6.01. The number of aliphatic hydroxyl groups excluding tert-OH is 2. The summed E-state index contributed by atoms with van der Waals surface area (Å²) in [5, 5.41) is 22.8. The summed E-state index contributed by atoms with van der Waals surface area (Å²) < 4.78 is 11.5. The molecule has 0 heterocycles. The molecule has 30 heavy (non-hydrogen) atoms. The standard InChI is InChI=1S/C24H34O5Si/c1-5-28-23(27)17-19(25)16-20(26)18-29-30(24(2,3)4,21-12-8-6-9-13-21)22-14-10-7-11-15-22/h6-15,19-20,25-26H,5,16-18H2,1-4H3/t19-,20+/m1/s1. The van der Waals surface area contributed by atoms with E-state index in [2.05, 4.69) is 45.0 Å². The molecule has 2 atom stereocenters. The van der Waals surface area contributed by atoms with Gasteiger partial charge in [-0.2, -0.15) is 0 Å². The van der Waals surface area contributed by atoms with Crippen LogP contribution in [0.25, 0.3) is 0 Å². The van der Waals surface area contributed by atoms with Gasteiger partial charge in [0.2, 0.25) is 0 Å². The van der Waals surface area contributed by atoms with Crippen molar-refractivity contribution in [3.8, 4) is 0 Å². The lowest BCUT2D eigenvalue weighted by Gasteiger charge is -2.43. The predicted octanol–water partition coefficient (Wildman–Crippen LogP) is 2.63. The van der Waals surface area contributed by atoms with Gasteiger partial charge in [0, 0.05) is 6.42 Å². The molecule has 164 valence electrons. The van der Waals surface area contributed by atoms with Gasteiger partial charge in [-0.3, -0.25) is 4.79 Å². The molecule has 0 spiro atoms. The van der Waals surface area contributed by atoms with E-state index in [0.717, 1.165) is 10.4 Å². The molecular formula is C24H34O5Si. The van der Waals surface area contributed by atoms with Gasteiger partial charge in [0.15, 0.2) is 0 Å². The second kappa shape index (κ2) is 10.9. The average Bonchev–Trinajstić information content (AvgIpc) is 2.69. The van der Waals surface area contributed by atoms with Gasteiger partial charge in [-0.05, 0) is 22.3 Å². The van der Waals surface area contributed by atoms with Crippen LogP contribution in [0.3, 0.4) is 0 Å². The Labute approximate surface area is 180 Å². The maximum absolute atomic E-state index is 11.6. The smallest absolute Gasteiger partial charge is 0.308 e. The average molecular weight is 431 g/mol. The highest BCUT2D eigenvalue weighted by atomic mass is 28.4.